The molecule has 2 heterocycles. The zero-order valence-corrected chi connectivity index (χ0v) is 19.3. The van der Waals surface area contributed by atoms with Gasteiger partial charge >= 0.3 is 0 Å². The van der Waals surface area contributed by atoms with E-state index in [1.165, 1.54) is 6.07 Å². The van der Waals surface area contributed by atoms with Gasteiger partial charge in [-0.1, -0.05) is 60.7 Å². The number of halogens is 3. The molecular weight excluding hydrogens is 447 g/mol. The van der Waals surface area contributed by atoms with E-state index in [1.54, 1.807) is 30.5 Å². The predicted octanol–water partition coefficient (Wildman–Crippen LogP) is 7.72. The number of allylic oxidation sites excluding steroid dienone is 1. The highest BCUT2D eigenvalue weighted by Gasteiger charge is 2.27. The van der Waals surface area contributed by atoms with Crippen molar-refractivity contribution in [2.75, 3.05) is 6.61 Å². The first kappa shape index (κ1) is 23.1. The molecule has 3 aromatic carbocycles. The molecule has 1 aliphatic rings. The van der Waals surface area contributed by atoms with Crippen LogP contribution in [0.25, 0.3) is 28.5 Å². The number of aryl methyl sites for hydroxylation is 2. The summed E-state index contributed by atoms with van der Waals surface area (Å²) in [6, 6.07) is 19.6. The summed E-state index contributed by atoms with van der Waals surface area (Å²) in [5.74, 6) is -1.99. The first-order valence-electron chi connectivity index (χ1n) is 11.6. The van der Waals surface area contributed by atoms with Crippen LogP contribution in [0.2, 0.25) is 0 Å². The van der Waals surface area contributed by atoms with Gasteiger partial charge in [0.15, 0.2) is 11.6 Å². The summed E-state index contributed by atoms with van der Waals surface area (Å²) in [5, 5.41) is 0. The van der Waals surface area contributed by atoms with Gasteiger partial charge in [0.05, 0.1) is 12.3 Å². The molecule has 1 aliphatic heterocycles. The van der Waals surface area contributed by atoms with Crippen molar-refractivity contribution in [2.24, 2.45) is 0 Å². The third-order valence-electron chi connectivity index (χ3n) is 6.23. The van der Waals surface area contributed by atoms with Gasteiger partial charge in [-0.25, -0.2) is 13.2 Å². The third kappa shape index (κ3) is 5.05. The Morgan fingerprint density at radius 2 is 1.66 bits per heavy atom. The Balaban J connectivity index is 1.27. The van der Waals surface area contributed by atoms with Crippen LogP contribution in [0.4, 0.5) is 13.2 Å². The molecule has 1 unspecified atom stereocenters. The molecule has 1 atom stereocenters. The summed E-state index contributed by atoms with van der Waals surface area (Å²) in [6.07, 6.45) is 6.21. The fourth-order valence-electron chi connectivity index (χ4n) is 4.17. The number of pyridine rings is 1. The summed E-state index contributed by atoms with van der Waals surface area (Å²) < 4.78 is 49.1. The van der Waals surface area contributed by atoms with E-state index in [0.29, 0.717) is 36.3 Å². The molecule has 0 radical (unpaired) electrons. The average molecular weight is 472 g/mol. The van der Waals surface area contributed by atoms with E-state index in [-0.39, 0.29) is 17.5 Å². The third-order valence-corrected chi connectivity index (χ3v) is 6.23. The number of ether oxygens (including phenoxy) is 1. The second-order valence-corrected chi connectivity index (χ2v) is 8.63. The van der Waals surface area contributed by atoms with E-state index < -0.39 is 11.6 Å². The van der Waals surface area contributed by atoms with Crippen LogP contribution in [0.1, 0.15) is 35.3 Å². The molecule has 5 rings (SSSR count). The van der Waals surface area contributed by atoms with Crippen LogP contribution in [0, 0.1) is 17.5 Å². The maximum Gasteiger partial charge on any atom is 0.168 e. The maximum atomic E-state index is 14.8. The lowest BCUT2D eigenvalue weighted by molar-refractivity contribution is 0.408. The largest absolute Gasteiger partial charge is 0.368 e. The Morgan fingerprint density at radius 3 is 2.31 bits per heavy atom. The normalized spacial score (nSPS) is 15.0. The SMILES string of the molecule is C/C=C/c1ccc(-c2ccc(CCc3ccc(-c4ccc(C5CO5)c(F)c4)cc3)c(F)c2F)nc1. The molecule has 1 fully saturated rings. The van der Waals surface area contributed by atoms with Crippen molar-refractivity contribution < 1.29 is 17.9 Å². The van der Waals surface area contributed by atoms with E-state index in [4.69, 9.17) is 4.74 Å². The highest BCUT2D eigenvalue weighted by molar-refractivity contribution is 5.65. The second-order valence-electron chi connectivity index (χ2n) is 8.63. The number of hydrogen-bond donors (Lipinski definition) is 0. The molecule has 2 nitrogen and oxygen atoms in total. The van der Waals surface area contributed by atoms with Crippen molar-refractivity contribution in [2.45, 2.75) is 25.9 Å². The van der Waals surface area contributed by atoms with Crippen LogP contribution in [-0.4, -0.2) is 11.6 Å². The Labute approximate surface area is 202 Å². The zero-order valence-electron chi connectivity index (χ0n) is 19.3. The van der Waals surface area contributed by atoms with E-state index in [0.717, 1.165) is 22.3 Å². The van der Waals surface area contributed by atoms with Gasteiger partial charge in [-0.15, -0.1) is 0 Å². The van der Waals surface area contributed by atoms with Crippen LogP contribution >= 0.6 is 0 Å². The molecule has 0 amide bonds. The molecule has 176 valence electrons. The number of hydrogen-bond acceptors (Lipinski definition) is 2. The minimum Gasteiger partial charge on any atom is -0.368 e. The molecule has 0 saturated carbocycles. The van der Waals surface area contributed by atoms with Crippen LogP contribution in [0.15, 0.2) is 79.0 Å². The smallest absolute Gasteiger partial charge is 0.168 e. The number of epoxide rings is 1. The van der Waals surface area contributed by atoms with Gasteiger partial charge in [0.1, 0.15) is 11.9 Å². The Hall–Kier alpha value is -3.70. The number of nitrogens with zero attached hydrogens (tertiary/aromatic N) is 1. The van der Waals surface area contributed by atoms with E-state index in [1.807, 2.05) is 55.5 Å². The molecule has 0 bridgehead atoms. The highest BCUT2D eigenvalue weighted by atomic mass is 19.2. The molecule has 0 N–H and O–H groups in total. The summed E-state index contributed by atoms with van der Waals surface area (Å²) in [5.41, 5.74) is 5.02. The van der Waals surface area contributed by atoms with Gasteiger partial charge in [0.25, 0.3) is 0 Å². The Bertz CT molecular complexity index is 1370. The molecule has 1 aromatic heterocycles. The lowest BCUT2D eigenvalue weighted by atomic mass is 9.98. The highest BCUT2D eigenvalue weighted by Crippen LogP contribution is 2.34. The molecule has 1 saturated heterocycles. The first-order valence-corrected chi connectivity index (χ1v) is 11.6. The van der Waals surface area contributed by atoms with E-state index >= 15 is 0 Å². The number of aromatic nitrogens is 1. The standard InChI is InChI=1S/C30H24F3NO/c1-2-3-20-7-15-27(34-17-20)25-14-11-22(29(32)30(25)33)10-6-19-4-8-21(9-5-19)23-12-13-24(26(31)16-23)28-18-35-28/h2-5,7-9,11-17,28H,6,10,18H2,1H3/b3-2+. The summed E-state index contributed by atoms with van der Waals surface area (Å²) in [6.45, 7) is 2.47. The lowest BCUT2D eigenvalue weighted by Crippen LogP contribution is -2.00. The predicted molar refractivity (Wildman–Crippen MR) is 132 cm³/mol. The van der Waals surface area contributed by atoms with Gasteiger partial charge < -0.3 is 4.74 Å². The van der Waals surface area contributed by atoms with Crippen LogP contribution in [-0.2, 0) is 17.6 Å². The van der Waals surface area contributed by atoms with Crippen LogP contribution in [0.3, 0.4) is 0 Å². The molecule has 5 heteroatoms. The van der Waals surface area contributed by atoms with Crippen LogP contribution in [0.5, 0.6) is 0 Å². The van der Waals surface area contributed by atoms with Gasteiger partial charge in [0.2, 0.25) is 0 Å². The first-order chi connectivity index (χ1) is 17.0. The molecule has 0 aliphatic carbocycles. The maximum absolute atomic E-state index is 14.8. The van der Waals surface area contributed by atoms with Gasteiger partial charge in [0, 0.05) is 17.3 Å². The minimum atomic E-state index is -0.883. The van der Waals surface area contributed by atoms with E-state index in [2.05, 4.69) is 4.98 Å². The van der Waals surface area contributed by atoms with Crippen molar-refractivity contribution >= 4 is 6.08 Å². The molecule has 35 heavy (non-hydrogen) atoms. The van der Waals surface area contributed by atoms with E-state index in [9.17, 15) is 13.2 Å². The minimum absolute atomic E-state index is 0.120. The van der Waals surface area contributed by atoms with Crippen molar-refractivity contribution in [1.29, 1.82) is 0 Å². The fraction of sp³-hybridized carbons (Fsp3) is 0.167. The lowest BCUT2D eigenvalue weighted by Gasteiger charge is -2.10. The van der Waals surface area contributed by atoms with Crippen molar-refractivity contribution in [3.8, 4) is 22.4 Å². The Morgan fingerprint density at radius 1 is 0.886 bits per heavy atom. The summed E-state index contributed by atoms with van der Waals surface area (Å²) in [7, 11) is 0. The van der Waals surface area contributed by atoms with Crippen LogP contribution < -0.4 is 0 Å². The quantitative estimate of drug-likeness (QED) is 0.258. The van der Waals surface area contributed by atoms with Gasteiger partial charge in [-0.3, -0.25) is 4.98 Å². The van der Waals surface area contributed by atoms with Gasteiger partial charge in [-0.2, -0.15) is 0 Å². The van der Waals surface area contributed by atoms with Gasteiger partial charge in [-0.05, 0) is 65.8 Å². The zero-order chi connectivity index (χ0) is 24.4. The fourth-order valence-corrected chi connectivity index (χ4v) is 4.17. The summed E-state index contributed by atoms with van der Waals surface area (Å²) >= 11 is 0. The number of benzene rings is 3. The van der Waals surface area contributed by atoms with Crippen molar-refractivity contribution in [3.63, 3.8) is 0 Å². The molecular formula is C30H24F3NO. The second kappa shape index (κ2) is 9.88. The molecule has 4 aromatic rings. The summed E-state index contributed by atoms with van der Waals surface area (Å²) in [4.78, 5) is 4.26. The Kier molecular flexibility index (Phi) is 6.51. The van der Waals surface area contributed by atoms with Crippen molar-refractivity contribution in [3.05, 3.63) is 119 Å². The topological polar surface area (TPSA) is 25.4 Å². The average Bonchev–Trinajstić information content (AvgIpc) is 3.71. The number of rotatable bonds is 7. The van der Waals surface area contributed by atoms with Crippen molar-refractivity contribution in [1.82, 2.24) is 4.98 Å². The monoisotopic (exact) mass is 471 g/mol. The molecule has 0 spiro atoms.